The minimum Gasteiger partial charge on any atom is -0.494 e. The molecule has 0 saturated heterocycles. The van der Waals surface area contributed by atoms with Gasteiger partial charge in [-0.25, -0.2) is 4.98 Å². The third-order valence-corrected chi connectivity index (χ3v) is 6.56. The van der Waals surface area contributed by atoms with Crippen LogP contribution in [0.3, 0.4) is 0 Å². The molecule has 0 saturated carbocycles. The molecule has 1 atom stereocenters. The van der Waals surface area contributed by atoms with E-state index in [1.165, 1.54) is 16.9 Å². The maximum atomic E-state index is 13.1. The number of benzene rings is 3. The Hall–Kier alpha value is -3.58. The van der Waals surface area contributed by atoms with Crippen LogP contribution in [-0.4, -0.2) is 30.1 Å². The zero-order valence-corrected chi connectivity index (χ0v) is 19.4. The Morgan fingerprint density at radius 3 is 2.85 bits per heavy atom. The van der Waals surface area contributed by atoms with E-state index in [0.717, 1.165) is 33.9 Å². The molecule has 0 aliphatic carbocycles. The lowest BCUT2D eigenvalue weighted by molar-refractivity contribution is 0.102. The van der Waals surface area contributed by atoms with Crippen LogP contribution in [0.15, 0.2) is 66.7 Å². The van der Waals surface area contributed by atoms with Crippen LogP contribution >= 0.6 is 11.3 Å². The van der Waals surface area contributed by atoms with Crippen molar-refractivity contribution >= 4 is 38.3 Å². The van der Waals surface area contributed by atoms with Crippen LogP contribution in [0.4, 0.5) is 10.8 Å². The summed E-state index contributed by atoms with van der Waals surface area (Å²) in [7, 11) is 0. The molecule has 7 heteroatoms. The third kappa shape index (κ3) is 4.50. The number of amides is 1. The molecular formula is C26H25N3O3S. The Kier molecular flexibility index (Phi) is 5.88. The predicted molar refractivity (Wildman–Crippen MR) is 133 cm³/mol. The second-order valence-corrected chi connectivity index (χ2v) is 9.02. The number of anilines is 2. The van der Waals surface area contributed by atoms with Crippen LogP contribution < -0.4 is 19.7 Å². The molecule has 1 aliphatic heterocycles. The van der Waals surface area contributed by atoms with Gasteiger partial charge in [-0.05, 0) is 55.8 Å². The summed E-state index contributed by atoms with van der Waals surface area (Å²) in [6.07, 6.45) is 0. The van der Waals surface area contributed by atoms with E-state index in [2.05, 4.69) is 34.3 Å². The highest BCUT2D eigenvalue weighted by Gasteiger charge is 2.26. The van der Waals surface area contributed by atoms with Crippen molar-refractivity contribution < 1.29 is 14.3 Å². The summed E-state index contributed by atoms with van der Waals surface area (Å²) in [5.74, 6) is 1.40. The first-order valence-electron chi connectivity index (χ1n) is 11.0. The molecule has 4 aromatic rings. The van der Waals surface area contributed by atoms with Gasteiger partial charge in [-0.2, -0.15) is 0 Å². The van der Waals surface area contributed by atoms with Gasteiger partial charge in [-0.3, -0.25) is 10.1 Å². The molecule has 1 aromatic heterocycles. The van der Waals surface area contributed by atoms with Gasteiger partial charge in [-0.15, -0.1) is 0 Å². The van der Waals surface area contributed by atoms with Gasteiger partial charge in [0, 0.05) is 12.1 Å². The molecule has 0 fully saturated rings. The van der Waals surface area contributed by atoms with E-state index >= 15 is 0 Å². The van der Waals surface area contributed by atoms with E-state index in [1.54, 1.807) is 6.07 Å². The zero-order valence-electron chi connectivity index (χ0n) is 18.6. The summed E-state index contributed by atoms with van der Waals surface area (Å²) < 4.78 is 12.5. The number of hydrogen-bond donors (Lipinski definition) is 1. The summed E-state index contributed by atoms with van der Waals surface area (Å²) in [5.41, 5.74) is 3.54. The number of carbonyl (C=O) groups is 1. The summed E-state index contributed by atoms with van der Waals surface area (Å²) in [6.45, 7) is 6.06. The number of thiazole rings is 1. The van der Waals surface area contributed by atoms with Gasteiger partial charge in [0.1, 0.15) is 18.1 Å². The van der Waals surface area contributed by atoms with Crippen LogP contribution in [0.1, 0.15) is 29.8 Å². The van der Waals surface area contributed by atoms with Crippen LogP contribution in [-0.2, 0) is 6.54 Å². The first-order chi connectivity index (χ1) is 16.1. The van der Waals surface area contributed by atoms with Gasteiger partial charge in [-0.1, -0.05) is 41.7 Å². The number of ether oxygens (including phenoxy) is 2. The Morgan fingerprint density at radius 2 is 2.03 bits per heavy atom. The van der Waals surface area contributed by atoms with E-state index < -0.39 is 0 Å². The highest BCUT2D eigenvalue weighted by atomic mass is 32.1. The Morgan fingerprint density at radius 1 is 1.18 bits per heavy atom. The lowest BCUT2D eigenvalue weighted by atomic mass is 10.1. The van der Waals surface area contributed by atoms with Crippen molar-refractivity contribution in [2.75, 3.05) is 23.4 Å². The van der Waals surface area contributed by atoms with Crippen molar-refractivity contribution in [2.45, 2.75) is 26.4 Å². The van der Waals surface area contributed by atoms with E-state index in [0.29, 0.717) is 23.9 Å². The van der Waals surface area contributed by atoms with Crippen LogP contribution in [0.25, 0.3) is 10.2 Å². The number of nitrogens with zero attached hydrogens (tertiary/aromatic N) is 2. The van der Waals surface area contributed by atoms with Crippen LogP contribution in [0.5, 0.6) is 11.5 Å². The first-order valence-corrected chi connectivity index (χ1v) is 11.8. The van der Waals surface area contributed by atoms with E-state index in [4.69, 9.17) is 9.47 Å². The minimum atomic E-state index is -0.195. The molecule has 2 heterocycles. The quantitative estimate of drug-likeness (QED) is 0.399. The van der Waals surface area contributed by atoms with Crippen LogP contribution in [0.2, 0.25) is 0 Å². The maximum Gasteiger partial charge on any atom is 0.257 e. The van der Waals surface area contributed by atoms with Crippen molar-refractivity contribution in [3.8, 4) is 11.5 Å². The van der Waals surface area contributed by atoms with Gasteiger partial charge < -0.3 is 14.4 Å². The molecule has 3 aromatic carbocycles. The Labute approximate surface area is 196 Å². The normalized spacial score (nSPS) is 15.1. The molecule has 1 amide bonds. The van der Waals surface area contributed by atoms with Crippen molar-refractivity contribution in [3.05, 3.63) is 77.9 Å². The smallest absolute Gasteiger partial charge is 0.257 e. The monoisotopic (exact) mass is 459 g/mol. The number of rotatable bonds is 6. The Bertz CT molecular complexity index is 1290. The number of carbonyl (C=O) groups excluding carboxylic acids is 1. The zero-order chi connectivity index (χ0) is 22.8. The van der Waals surface area contributed by atoms with Crippen molar-refractivity contribution in [1.82, 2.24) is 4.98 Å². The van der Waals surface area contributed by atoms with Gasteiger partial charge >= 0.3 is 0 Å². The number of hydrogen-bond acceptors (Lipinski definition) is 6. The molecule has 0 spiro atoms. The van der Waals surface area contributed by atoms with Crippen molar-refractivity contribution in [3.63, 3.8) is 0 Å². The lowest BCUT2D eigenvalue weighted by Crippen LogP contribution is -2.40. The molecule has 6 nitrogen and oxygen atoms in total. The van der Waals surface area contributed by atoms with E-state index in [-0.39, 0.29) is 11.9 Å². The fourth-order valence-electron chi connectivity index (χ4n) is 3.95. The molecule has 33 heavy (non-hydrogen) atoms. The third-order valence-electron chi connectivity index (χ3n) is 5.63. The summed E-state index contributed by atoms with van der Waals surface area (Å²) in [4.78, 5) is 19.9. The average Bonchev–Trinajstić information content (AvgIpc) is 3.23. The fraction of sp³-hybridized carbons (Fsp3) is 0.231. The standard InChI is InChI=1S/C26H25N3O3S/c1-3-31-20-10-11-21-24(14-20)33-26(27-21)28-25(30)19-9-12-23-22(13-19)29(17(2)16-32-23)15-18-7-5-4-6-8-18/h4-14,17H,3,15-16H2,1-2H3,(H,27,28,30)/t17-/m0/s1. The second-order valence-electron chi connectivity index (χ2n) is 7.99. The maximum absolute atomic E-state index is 13.1. The number of aromatic nitrogens is 1. The molecule has 0 unspecified atom stereocenters. The molecule has 0 bridgehead atoms. The molecular weight excluding hydrogens is 434 g/mol. The largest absolute Gasteiger partial charge is 0.494 e. The van der Waals surface area contributed by atoms with E-state index in [1.807, 2.05) is 55.5 Å². The van der Waals surface area contributed by atoms with Crippen molar-refractivity contribution in [2.24, 2.45) is 0 Å². The molecule has 1 N–H and O–H groups in total. The molecule has 0 radical (unpaired) electrons. The van der Waals surface area contributed by atoms with Gasteiger partial charge in [0.25, 0.3) is 5.91 Å². The van der Waals surface area contributed by atoms with Gasteiger partial charge in [0.05, 0.1) is 28.6 Å². The van der Waals surface area contributed by atoms with Crippen molar-refractivity contribution in [1.29, 1.82) is 0 Å². The highest BCUT2D eigenvalue weighted by molar-refractivity contribution is 7.22. The average molecular weight is 460 g/mol. The summed E-state index contributed by atoms with van der Waals surface area (Å²) in [5, 5.41) is 3.51. The second kappa shape index (κ2) is 9.11. The summed E-state index contributed by atoms with van der Waals surface area (Å²) in [6, 6.07) is 21.9. The predicted octanol–water partition coefficient (Wildman–Crippen LogP) is 5.73. The first kappa shape index (κ1) is 21.3. The fourth-order valence-corrected chi connectivity index (χ4v) is 4.84. The molecule has 1 aliphatic rings. The van der Waals surface area contributed by atoms with Gasteiger partial charge in [0.15, 0.2) is 5.13 Å². The number of fused-ring (bicyclic) bond motifs is 2. The minimum absolute atomic E-state index is 0.194. The topological polar surface area (TPSA) is 63.7 Å². The van der Waals surface area contributed by atoms with E-state index in [9.17, 15) is 4.79 Å². The Balaban J connectivity index is 1.38. The SMILES string of the molecule is CCOc1ccc2nc(NC(=O)c3ccc4c(c3)N(Cc3ccccc3)[C@@H](C)CO4)sc2c1. The van der Waals surface area contributed by atoms with Crippen LogP contribution in [0, 0.1) is 0 Å². The molecule has 168 valence electrons. The molecule has 5 rings (SSSR count). The van der Waals surface area contributed by atoms with Gasteiger partial charge in [0.2, 0.25) is 0 Å². The lowest BCUT2D eigenvalue weighted by Gasteiger charge is -2.37. The highest BCUT2D eigenvalue weighted by Crippen LogP contribution is 2.36. The summed E-state index contributed by atoms with van der Waals surface area (Å²) >= 11 is 1.43. The number of nitrogens with one attached hydrogen (secondary N) is 1.